The fourth-order valence-electron chi connectivity index (χ4n) is 0.460. The summed E-state index contributed by atoms with van der Waals surface area (Å²) in [6, 6.07) is 0. The van der Waals surface area contributed by atoms with Gasteiger partial charge >= 0.3 is 0 Å². The van der Waals surface area contributed by atoms with Crippen LogP contribution in [0.3, 0.4) is 0 Å². The van der Waals surface area contributed by atoms with Crippen LogP contribution in [-0.4, -0.2) is 10.1 Å². The highest BCUT2D eigenvalue weighted by molar-refractivity contribution is 7.15. The van der Waals surface area contributed by atoms with Crippen LogP contribution in [-0.2, 0) is 0 Å². The standard InChI is InChI=1S/C5H6ClNOS/c1-3(8)5-7-2-4(6)9-5/h2-3,8H,1H3. The quantitative estimate of drug-likeness (QED) is 0.686. The fourth-order valence-corrected chi connectivity index (χ4v) is 1.33. The summed E-state index contributed by atoms with van der Waals surface area (Å²) < 4.78 is 0.617. The summed E-state index contributed by atoms with van der Waals surface area (Å²) in [5.74, 6) is 0. The molecule has 1 aromatic heterocycles. The molecular weight excluding hydrogens is 158 g/mol. The van der Waals surface area contributed by atoms with Crippen molar-refractivity contribution in [2.24, 2.45) is 0 Å². The molecule has 0 radical (unpaired) electrons. The van der Waals surface area contributed by atoms with Gasteiger partial charge in [-0.1, -0.05) is 11.6 Å². The first-order chi connectivity index (χ1) is 4.20. The maximum Gasteiger partial charge on any atom is 0.122 e. The van der Waals surface area contributed by atoms with Crippen LogP contribution in [0.15, 0.2) is 6.20 Å². The van der Waals surface area contributed by atoms with E-state index >= 15 is 0 Å². The van der Waals surface area contributed by atoms with Gasteiger partial charge in [0.2, 0.25) is 0 Å². The second-order valence-corrected chi connectivity index (χ2v) is 3.37. The summed E-state index contributed by atoms with van der Waals surface area (Å²) in [7, 11) is 0. The van der Waals surface area contributed by atoms with E-state index in [0.717, 1.165) is 0 Å². The molecule has 1 atom stereocenters. The second kappa shape index (κ2) is 2.64. The van der Waals surface area contributed by atoms with Gasteiger partial charge in [-0.15, -0.1) is 11.3 Å². The summed E-state index contributed by atoms with van der Waals surface area (Å²) in [6.45, 7) is 1.66. The van der Waals surface area contributed by atoms with Gasteiger partial charge in [0.05, 0.1) is 6.20 Å². The third-order valence-electron chi connectivity index (χ3n) is 0.853. The van der Waals surface area contributed by atoms with Crippen molar-refractivity contribution < 1.29 is 5.11 Å². The third-order valence-corrected chi connectivity index (χ3v) is 2.14. The molecule has 1 aromatic rings. The Morgan fingerprint density at radius 2 is 2.56 bits per heavy atom. The molecule has 1 unspecified atom stereocenters. The summed E-state index contributed by atoms with van der Waals surface area (Å²) in [5.41, 5.74) is 0. The molecule has 9 heavy (non-hydrogen) atoms. The molecule has 0 saturated carbocycles. The zero-order chi connectivity index (χ0) is 6.85. The summed E-state index contributed by atoms with van der Waals surface area (Å²) in [6.07, 6.45) is 1.04. The molecular formula is C5H6ClNOS. The number of nitrogens with zero attached hydrogens (tertiary/aromatic N) is 1. The largest absolute Gasteiger partial charge is 0.386 e. The van der Waals surface area contributed by atoms with Crippen LogP contribution in [0.2, 0.25) is 4.34 Å². The number of hydrogen-bond donors (Lipinski definition) is 1. The minimum atomic E-state index is -0.498. The maximum atomic E-state index is 8.93. The van der Waals surface area contributed by atoms with E-state index in [2.05, 4.69) is 4.98 Å². The molecule has 0 spiro atoms. The first-order valence-electron chi connectivity index (χ1n) is 2.49. The summed E-state index contributed by atoms with van der Waals surface area (Å²) in [5, 5.41) is 9.59. The van der Waals surface area contributed by atoms with Crippen molar-refractivity contribution in [2.75, 3.05) is 0 Å². The molecule has 0 aliphatic carbocycles. The van der Waals surface area contributed by atoms with Gasteiger partial charge in [-0.3, -0.25) is 0 Å². The van der Waals surface area contributed by atoms with Crippen molar-refractivity contribution in [3.05, 3.63) is 15.5 Å². The smallest absolute Gasteiger partial charge is 0.122 e. The minimum absolute atomic E-state index is 0.498. The molecule has 0 bridgehead atoms. The van der Waals surface area contributed by atoms with Crippen LogP contribution < -0.4 is 0 Å². The van der Waals surface area contributed by atoms with Crippen LogP contribution >= 0.6 is 22.9 Å². The monoisotopic (exact) mass is 163 g/mol. The van der Waals surface area contributed by atoms with E-state index in [0.29, 0.717) is 9.34 Å². The first-order valence-corrected chi connectivity index (χ1v) is 3.69. The number of aliphatic hydroxyl groups excluding tert-OH is 1. The van der Waals surface area contributed by atoms with Crippen LogP contribution in [0.4, 0.5) is 0 Å². The molecule has 1 N–H and O–H groups in total. The lowest BCUT2D eigenvalue weighted by Crippen LogP contribution is -1.86. The predicted octanol–water partition coefficient (Wildman–Crippen LogP) is 1.85. The molecule has 0 amide bonds. The highest BCUT2D eigenvalue weighted by Gasteiger charge is 2.04. The van der Waals surface area contributed by atoms with Gasteiger partial charge in [-0.25, -0.2) is 4.98 Å². The van der Waals surface area contributed by atoms with Crippen LogP contribution in [0.1, 0.15) is 18.0 Å². The van der Waals surface area contributed by atoms with Crippen LogP contribution in [0.25, 0.3) is 0 Å². The second-order valence-electron chi connectivity index (χ2n) is 1.68. The highest BCUT2D eigenvalue weighted by atomic mass is 35.5. The first kappa shape index (κ1) is 6.99. The van der Waals surface area contributed by atoms with E-state index in [1.54, 1.807) is 6.92 Å². The Balaban J connectivity index is 2.85. The zero-order valence-corrected chi connectivity index (χ0v) is 6.41. The minimum Gasteiger partial charge on any atom is -0.386 e. The molecule has 1 heterocycles. The average molecular weight is 164 g/mol. The molecule has 0 aliphatic rings. The predicted molar refractivity (Wildman–Crippen MR) is 37.8 cm³/mol. The van der Waals surface area contributed by atoms with Crippen molar-refractivity contribution in [1.29, 1.82) is 0 Å². The molecule has 2 nitrogen and oxygen atoms in total. The van der Waals surface area contributed by atoms with E-state index in [4.69, 9.17) is 16.7 Å². The number of halogens is 1. The summed E-state index contributed by atoms with van der Waals surface area (Å²) >= 11 is 6.85. The average Bonchev–Trinajstić information content (AvgIpc) is 2.14. The number of rotatable bonds is 1. The molecule has 0 fully saturated rings. The molecule has 1 rings (SSSR count). The Bertz CT molecular complexity index is 199. The Hall–Kier alpha value is -0.120. The topological polar surface area (TPSA) is 33.1 Å². The van der Waals surface area contributed by atoms with Gasteiger partial charge in [0, 0.05) is 0 Å². The fraction of sp³-hybridized carbons (Fsp3) is 0.400. The highest BCUT2D eigenvalue weighted by Crippen LogP contribution is 2.22. The van der Waals surface area contributed by atoms with Gasteiger partial charge in [0.15, 0.2) is 0 Å². The van der Waals surface area contributed by atoms with E-state index in [9.17, 15) is 0 Å². The normalized spacial score (nSPS) is 13.7. The van der Waals surface area contributed by atoms with Crippen molar-refractivity contribution in [3.8, 4) is 0 Å². The van der Waals surface area contributed by atoms with Gasteiger partial charge < -0.3 is 5.11 Å². The molecule has 50 valence electrons. The van der Waals surface area contributed by atoms with E-state index in [1.165, 1.54) is 17.5 Å². The van der Waals surface area contributed by atoms with Gasteiger partial charge in [0.25, 0.3) is 0 Å². The molecule has 0 aromatic carbocycles. The van der Waals surface area contributed by atoms with Gasteiger partial charge in [0.1, 0.15) is 15.4 Å². The van der Waals surface area contributed by atoms with Gasteiger partial charge in [-0.05, 0) is 6.92 Å². The molecule has 4 heteroatoms. The Morgan fingerprint density at radius 3 is 2.78 bits per heavy atom. The van der Waals surface area contributed by atoms with E-state index in [-0.39, 0.29) is 0 Å². The lowest BCUT2D eigenvalue weighted by atomic mass is 10.4. The lowest BCUT2D eigenvalue weighted by Gasteiger charge is -1.93. The van der Waals surface area contributed by atoms with Crippen molar-refractivity contribution in [2.45, 2.75) is 13.0 Å². The van der Waals surface area contributed by atoms with Crippen LogP contribution in [0, 0.1) is 0 Å². The number of aromatic nitrogens is 1. The van der Waals surface area contributed by atoms with E-state index < -0.39 is 6.10 Å². The number of hydrogen-bond acceptors (Lipinski definition) is 3. The lowest BCUT2D eigenvalue weighted by molar-refractivity contribution is 0.199. The van der Waals surface area contributed by atoms with Crippen LogP contribution in [0.5, 0.6) is 0 Å². The van der Waals surface area contributed by atoms with Crippen molar-refractivity contribution in [1.82, 2.24) is 4.98 Å². The van der Waals surface area contributed by atoms with Crippen molar-refractivity contribution >= 4 is 22.9 Å². The third kappa shape index (κ3) is 1.64. The van der Waals surface area contributed by atoms with Crippen molar-refractivity contribution in [3.63, 3.8) is 0 Å². The van der Waals surface area contributed by atoms with Gasteiger partial charge in [-0.2, -0.15) is 0 Å². The molecule has 0 aliphatic heterocycles. The van der Waals surface area contributed by atoms with E-state index in [1.807, 2.05) is 0 Å². The Labute approximate surface area is 62.1 Å². The Kier molecular flexibility index (Phi) is 2.05. The Morgan fingerprint density at radius 1 is 1.89 bits per heavy atom. The zero-order valence-electron chi connectivity index (χ0n) is 4.84. The number of thiazole rings is 1. The number of aliphatic hydroxyl groups is 1. The molecule has 0 saturated heterocycles. The maximum absolute atomic E-state index is 8.93. The summed E-state index contributed by atoms with van der Waals surface area (Å²) in [4.78, 5) is 3.85. The SMILES string of the molecule is CC(O)c1ncc(Cl)s1.